The molecule has 0 heterocycles. The topological polar surface area (TPSA) is 64.3 Å². The van der Waals surface area contributed by atoms with Crippen molar-refractivity contribution >= 4 is 29.7 Å². The molecule has 0 radical (unpaired) electrons. The lowest BCUT2D eigenvalue weighted by molar-refractivity contribution is 0.102. The van der Waals surface area contributed by atoms with Gasteiger partial charge in [-0.2, -0.15) is 0 Å². The average Bonchev–Trinajstić information content (AvgIpc) is 2.40. The minimum atomic E-state index is -0.167. The fourth-order valence-corrected chi connectivity index (χ4v) is 1.51. The van der Waals surface area contributed by atoms with Gasteiger partial charge >= 0.3 is 0 Å². The summed E-state index contributed by atoms with van der Waals surface area (Å²) in [5, 5.41) is 2.79. The van der Waals surface area contributed by atoms with Crippen LogP contribution in [0, 0.1) is 0 Å². The molecule has 0 saturated carbocycles. The zero-order valence-corrected chi connectivity index (χ0v) is 11.2. The zero-order chi connectivity index (χ0) is 13.0. The van der Waals surface area contributed by atoms with E-state index in [9.17, 15) is 4.79 Å². The molecule has 2 rings (SSSR count). The van der Waals surface area contributed by atoms with E-state index in [1.807, 2.05) is 0 Å². The first kappa shape index (κ1) is 14.9. The van der Waals surface area contributed by atoms with Crippen LogP contribution in [0.25, 0.3) is 0 Å². The molecule has 5 heteroatoms. The van der Waals surface area contributed by atoms with Crippen LogP contribution >= 0.6 is 12.4 Å². The van der Waals surface area contributed by atoms with E-state index >= 15 is 0 Å². The van der Waals surface area contributed by atoms with Crippen molar-refractivity contribution in [2.45, 2.75) is 0 Å². The molecule has 0 saturated heterocycles. The number of nitrogens with one attached hydrogen (secondary N) is 1. The normalized spacial score (nSPS) is 9.32. The molecule has 2 aromatic rings. The van der Waals surface area contributed by atoms with Gasteiger partial charge in [-0.25, -0.2) is 0 Å². The Morgan fingerprint density at radius 2 is 1.63 bits per heavy atom. The Hall–Kier alpha value is -2.20. The minimum absolute atomic E-state index is 0. The van der Waals surface area contributed by atoms with Gasteiger partial charge in [-0.3, -0.25) is 4.79 Å². The summed E-state index contributed by atoms with van der Waals surface area (Å²) in [5.74, 6) is 0.584. The summed E-state index contributed by atoms with van der Waals surface area (Å²) in [6.07, 6.45) is 0. The highest BCUT2D eigenvalue weighted by Crippen LogP contribution is 2.16. The van der Waals surface area contributed by atoms with E-state index in [1.165, 1.54) is 0 Å². The van der Waals surface area contributed by atoms with Gasteiger partial charge in [-0.05, 0) is 48.5 Å². The van der Waals surface area contributed by atoms with Gasteiger partial charge in [0, 0.05) is 16.9 Å². The first-order valence-electron chi connectivity index (χ1n) is 5.50. The van der Waals surface area contributed by atoms with Crippen molar-refractivity contribution in [1.29, 1.82) is 0 Å². The molecule has 4 nitrogen and oxygen atoms in total. The molecule has 0 bridgehead atoms. The monoisotopic (exact) mass is 278 g/mol. The number of halogens is 1. The van der Waals surface area contributed by atoms with Crippen molar-refractivity contribution in [2.75, 3.05) is 18.2 Å². The Balaban J connectivity index is 0.00000180. The number of anilines is 2. The largest absolute Gasteiger partial charge is 0.497 e. The molecule has 19 heavy (non-hydrogen) atoms. The van der Waals surface area contributed by atoms with Crippen LogP contribution in [0.5, 0.6) is 5.75 Å². The number of ether oxygens (including phenoxy) is 1. The van der Waals surface area contributed by atoms with Gasteiger partial charge in [-0.15, -0.1) is 12.4 Å². The van der Waals surface area contributed by atoms with Gasteiger partial charge in [0.1, 0.15) is 5.75 Å². The van der Waals surface area contributed by atoms with Crippen LogP contribution in [0.4, 0.5) is 11.4 Å². The average molecular weight is 279 g/mol. The number of hydrogen-bond donors (Lipinski definition) is 2. The van der Waals surface area contributed by atoms with E-state index in [0.29, 0.717) is 11.3 Å². The maximum Gasteiger partial charge on any atom is 0.255 e. The zero-order valence-electron chi connectivity index (χ0n) is 10.4. The second-order valence-corrected chi connectivity index (χ2v) is 3.80. The molecule has 0 aromatic heterocycles. The Morgan fingerprint density at radius 1 is 1.05 bits per heavy atom. The molecular weight excluding hydrogens is 264 g/mol. The van der Waals surface area contributed by atoms with Gasteiger partial charge in [0.25, 0.3) is 5.91 Å². The third-order valence-corrected chi connectivity index (χ3v) is 2.52. The van der Waals surface area contributed by atoms with Crippen molar-refractivity contribution in [3.8, 4) is 5.75 Å². The highest BCUT2D eigenvalue weighted by atomic mass is 35.5. The van der Waals surface area contributed by atoms with Gasteiger partial charge in [0.05, 0.1) is 7.11 Å². The van der Waals surface area contributed by atoms with E-state index in [4.69, 9.17) is 10.5 Å². The Bertz CT molecular complexity index is 538. The predicted molar refractivity (Wildman–Crippen MR) is 79.0 cm³/mol. The lowest BCUT2D eigenvalue weighted by Crippen LogP contribution is -2.11. The maximum atomic E-state index is 11.9. The Kier molecular flexibility index (Phi) is 5.21. The number of benzene rings is 2. The fourth-order valence-electron chi connectivity index (χ4n) is 1.51. The van der Waals surface area contributed by atoms with Crippen molar-refractivity contribution < 1.29 is 9.53 Å². The van der Waals surface area contributed by atoms with Gasteiger partial charge < -0.3 is 15.8 Å². The molecule has 0 aliphatic heterocycles. The second kappa shape index (κ2) is 6.66. The summed E-state index contributed by atoms with van der Waals surface area (Å²) in [4.78, 5) is 11.9. The Labute approximate surface area is 118 Å². The molecule has 0 atom stereocenters. The highest BCUT2D eigenvalue weighted by Gasteiger charge is 2.05. The summed E-state index contributed by atoms with van der Waals surface area (Å²) >= 11 is 0. The fraction of sp³-hybridized carbons (Fsp3) is 0.0714. The number of carbonyl (C=O) groups excluding carboxylic acids is 1. The lowest BCUT2D eigenvalue weighted by atomic mass is 10.2. The first-order chi connectivity index (χ1) is 8.69. The molecule has 0 aliphatic carbocycles. The first-order valence-corrected chi connectivity index (χ1v) is 5.50. The number of hydrogen-bond acceptors (Lipinski definition) is 3. The summed E-state index contributed by atoms with van der Waals surface area (Å²) in [7, 11) is 1.60. The second-order valence-electron chi connectivity index (χ2n) is 3.80. The summed E-state index contributed by atoms with van der Waals surface area (Å²) in [6.45, 7) is 0. The molecule has 3 N–H and O–H groups in total. The molecule has 1 amide bonds. The minimum Gasteiger partial charge on any atom is -0.497 e. The van der Waals surface area contributed by atoms with Gasteiger partial charge in [-0.1, -0.05) is 0 Å². The van der Waals surface area contributed by atoms with E-state index in [-0.39, 0.29) is 18.3 Å². The molecular formula is C14H15ClN2O2. The smallest absolute Gasteiger partial charge is 0.255 e. The number of methoxy groups -OCH3 is 1. The number of carbonyl (C=O) groups is 1. The van der Waals surface area contributed by atoms with Crippen molar-refractivity contribution in [2.24, 2.45) is 0 Å². The van der Waals surface area contributed by atoms with Gasteiger partial charge in [0.15, 0.2) is 0 Å². The Morgan fingerprint density at radius 3 is 2.16 bits per heavy atom. The SMILES string of the molecule is COc1ccc(NC(=O)c2ccc(N)cc2)cc1.Cl. The molecule has 2 aromatic carbocycles. The number of amides is 1. The van der Waals surface area contributed by atoms with E-state index in [1.54, 1.807) is 55.6 Å². The molecule has 0 fully saturated rings. The maximum absolute atomic E-state index is 11.9. The van der Waals surface area contributed by atoms with Crippen LogP contribution in [0.1, 0.15) is 10.4 Å². The van der Waals surface area contributed by atoms with E-state index in [2.05, 4.69) is 5.32 Å². The molecule has 0 unspecified atom stereocenters. The standard InChI is InChI=1S/C14H14N2O2.ClH/c1-18-13-8-6-12(7-9-13)16-14(17)10-2-4-11(15)5-3-10;/h2-9H,15H2,1H3,(H,16,17);1H. The summed E-state index contributed by atoms with van der Waals surface area (Å²) in [5.41, 5.74) is 7.49. The van der Waals surface area contributed by atoms with Crippen LogP contribution in [0.15, 0.2) is 48.5 Å². The van der Waals surface area contributed by atoms with Crippen LogP contribution in [-0.2, 0) is 0 Å². The van der Waals surface area contributed by atoms with E-state index < -0.39 is 0 Å². The van der Waals surface area contributed by atoms with Crippen LogP contribution in [0.2, 0.25) is 0 Å². The van der Waals surface area contributed by atoms with Crippen molar-refractivity contribution in [1.82, 2.24) is 0 Å². The quantitative estimate of drug-likeness (QED) is 0.849. The van der Waals surface area contributed by atoms with Gasteiger partial charge in [0.2, 0.25) is 0 Å². The summed E-state index contributed by atoms with van der Waals surface area (Å²) in [6, 6.07) is 13.9. The molecule has 0 aliphatic rings. The lowest BCUT2D eigenvalue weighted by Gasteiger charge is -2.06. The van der Waals surface area contributed by atoms with Crippen molar-refractivity contribution in [3.05, 3.63) is 54.1 Å². The number of nitrogen functional groups attached to an aromatic ring is 1. The number of rotatable bonds is 3. The van der Waals surface area contributed by atoms with E-state index in [0.717, 1.165) is 11.4 Å². The predicted octanol–water partition coefficient (Wildman–Crippen LogP) is 2.95. The van der Waals surface area contributed by atoms with Crippen LogP contribution < -0.4 is 15.8 Å². The molecule has 0 spiro atoms. The molecule has 100 valence electrons. The third-order valence-electron chi connectivity index (χ3n) is 2.52. The van der Waals surface area contributed by atoms with Crippen LogP contribution in [0.3, 0.4) is 0 Å². The number of nitrogens with two attached hydrogens (primary N) is 1. The third kappa shape index (κ3) is 3.89. The van der Waals surface area contributed by atoms with Crippen LogP contribution in [-0.4, -0.2) is 13.0 Å². The summed E-state index contributed by atoms with van der Waals surface area (Å²) < 4.78 is 5.05. The highest BCUT2D eigenvalue weighted by molar-refractivity contribution is 6.04. The van der Waals surface area contributed by atoms with Crippen molar-refractivity contribution in [3.63, 3.8) is 0 Å².